The van der Waals surface area contributed by atoms with E-state index in [2.05, 4.69) is 33.3 Å². The van der Waals surface area contributed by atoms with Crippen LogP contribution in [0.1, 0.15) is 6.92 Å². The van der Waals surface area contributed by atoms with Gasteiger partial charge in [-0.2, -0.15) is 0 Å². The van der Waals surface area contributed by atoms with Crippen molar-refractivity contribution in [1.29, 1.82) is 0 Å². The van der Waals surface area contributed by atoms with Crippen LogP contribution in [0.3, 0.4) is 0 Å². The number of thiazole rings is 1. The van der Waals surface area contributed by atoms with Gasteiger partial charge < -0.3 is 5.32 Å². The van der Waals surface area contributed by atoms with Crippen molar-refractivity contribution in [3.8, 4) is 0 Å². The molecule has 0 radical (unpaired) electrons. The molecule has 3 aromatic rings. The van der Waals surface area contributed by atoms with Crippen molar-refractivity contribution in [3.63, 3.8) is 0 Å². The maximum Gasteiger partial charge on any atom is 0.190 e. The molecule has 0 unspecified atom stereocenters. The van der Waals surface area contributed by atoms with Gasteiger partial charge in [0.25, 0.3) is 0 Å². The number of benzene rings is 1. The molecule has 3 rings (SSSR count). The summed E-state index contributed by atoms with van der Waals surface area (Å²) in [6, 6.07) is 10.1. The van der Waals surface area contributed by atoms with E-state index in [1.807, 2.05) is 30.5 Å². The van der Waals surface area contributed by atoms with E-state index in [4.69, 9.17) is 0 Å². The second kappa shape index (κ2) is 6.64. The maximum absolute atomic E-state index is 4.63. The van der Waals surface area contributed by atoms with Gasteiger partial charge in [-0.15, -0.1) is 11.3 Å². The molecular formula is C14H14N4S3. The van der Waals surface area contributed by atoms with Crippen LogP contribution >= 0.6 is 34.9 Å². The highest BCUT2D eigenvalue weighted by atomic mass is 32.2. The second-order valence-electron chi connectivity index (χ2n) is 4.16. The van der Waals surface area contributed by atoms with Gasteiger partial charge in [-0.1, -0.05) is 23.9 Å². The summed E-state index contributed by atoms with van der Waals surface area (Å²) in [6.07, 6.45) is 1.98. The molecule has 0 amide bonds. The summed E-state index contributed by atoms with van der Waals surface area (Å²) >= 11 is 4.82. The number of hydrogen-bond donors (Lipinski definition) is 1. The topological polar surface area (TPSA) is 50.7 Å². The van der Waals surface area contributed by atoms with Crippen molar-refractivity contribution in [2.75, 3.05) is 18.1 Å². The van der Waals surface area contributed by atoms with Crippen LogP contribution in [0, 0.1) is 0 Å². The van der Waals surface area contributed by atoms with Crippen molar-refractivity contribution < 1.29 is 0 Å². The molecule has 2 heterocycles. The van der Waals surface area contributed by atoms with Gasteiger partial charge in [0.1, 0.15) is 10.8 Å². The molecule has 4 nitrogen and oxygen atoms in total. The molecular weight excluding hydrogens is 320 g/mol. The van der Waals surface area contributed by atoms with E-state index >= 15 is 0 Å². The average Bonchev–Trinajstić information content (AvgIpc) is 2.89. The number of anilines is 1. The zero-order valence-electron chi connectivity index (χ0n) is 11.7. The van der Waals surface area contributed by atoms with E-state index in [9.17, 15) is 0 Å². The zero-order valence-corrected chi connectivity index (χ0v) is 14.1. The Morgan fingerprint density at radius 3 is 2.81 bits per heavy atom. The number of hydrogen-bond acceptors (Lipinski definition) is 7. The lowest BCUT2D eigenvalue weighted by atomic mass is 10.3. The Bertz CT molecular complexity index is 724. The van der Waals surface area contributed by atoms with Crippen molar-refractivity contribution >= 4 is 50.9 Å². The van der Waals surface area contributed by atoms with Crippen molar-refractivity contribution in [2.24, 2.45) is 0 Å². The van der Waals surface area contributed by atoms with Crippen LogP contribution in [-0.2, 0) is 0 Å². The van der Waals surface area contributed by atoms with E-state index in [-0.39, 0.29) is 0 Å². The molecule has 2 aromatic heterocycles. The first-order valence-electron chi connectivity index (χ1n) is 6.49. The lowest BCUT2D eigenvalue weighted by Crippen LogP contribution is -2.01. The van der Waals surface area contributed by atoms with E-state index in [1.165, 1.54) is 4.70 Å². The molecule has 1 N–H and O–H groups in total. The van der Waals surface area contributed by atoms with Gasteiger partial charge in [0.05, 0.1) is 10.2 Å². The Kier molecular flexibility index (Phi) is 4.62. The first-order valence-corrected chi connectivity index (χ1v) is 9.34. The predicted octanol–water partition coefficient (Wildman–Crippen LogP) is 4.39. The molecule has 0 aliphatic carbocycles. The lowest BCUT2D eigenvalue weighted by Gasteiger charge is -2.06. The largest absolute Gasteiger partial charge is 0.370 e. The van der Waals surface area contributed by atoms with E-state index in [0.29, 0.717) is 0 Å². The third-order valence-electron chi connectivity index (χ3n) is 2.69. The summed E-state index contributed by atoms with van der Waals surface area (Å²) in [6.45, 7) is 2.90. The SMILES string of the molecule is CCNc1cc(Sc2nc3ccccc3s2)nc(SC)n1. The Morgan fingerprint density at radius 2 is 2.05 bits per heavy atom. The standard InChI is InChI=1S/C14H14N4S3/c1-3-15-11-8-12(18-13(17-11)19-2)21-14-16-9-6-4-5-7-10(9)20-14/h4-8H,3H2,1-2H3,(H,15,17,18). The fourth-order valence-corrected chi connectivity index (χ4v) is 4.25. The van der Waals surface area contributed by atoms with Gasteiger partial charge in [0.15, 0.2) is 9.50 Å². The number of nitrogens with one attached hydrogen (secondary N) is 1. The second-order valence-corrected chi connectivity index (χ2v) is 7.23. The highest BCUT2D eigenvalue weighted by Gasteiger charge is 2.09. The van der Waals surface area contributed by atoms with Crippen LogP contribution in [0.15, 0.2) is 44.9 Å². The van der Waals surface area contributed by atoms with Crippen LogP contribution in [0.4, 0.5) is 5.82 Å². The summed E-state index contributed by atoms with van der Waals surface area (Å²) in [5.74, 6) is 0.862. The number of nitrogens with zero attached hydrogens (tertiary/aromatic N) is 3. The first kappa shape index (κ1) is 14.6. The molecule has 0 atom stereocenters. The highest BCUT2D eigenvalue weighted by Crippen LogP contribution is 2.34. The van der Waals surface area contributed by atoms with Gasteiger partial charge >= 0.3 is 0 Å². The summed E-state index contributed by atoms with van der Waals surface area (Å²) in [4.78, 5) is 13.6. The number of thioether (sulfide) groups is 1. The van der Waals surface area contributed by atoms with E-state index < -0.39 is 0 Å². The summed E-state index contributed by atoms with van der Waals surface area (Å²) in [5, 5.41) is 4.94. The predicted molar refractivity (Wildman–Crippen MR) is 91.7 cm³/mol. The normalized spacial score (nSPS) is 11.0. The minimum atomic E-state index is 0.775. The van der Waals surface area contributed by atoms with E-state index in [0.717, 1.165) is 32.4 Å². The number of para-hydroxylation sites is 1. The zero-order chi connectivity index (χ0) is 14.7. The van der Waals surface area contributed by atoms with Gasteiger partial charge in [-0.25, -0.2) is 15.0 Å². The number of rotatable bonds is 5. The quantitative estimate of drug-likeness (QED) is 0.424. The third-order valence-corrected chi connectivity index (χ3v) is 5.25. The van der Waals surface area contributed by atoms with Crippen LogP contribution in [0.25, 0.3) is 10.2 Å². The van der Waals surface area contributed by atoms with Crippen molar-refractivity contribution in [1.82, 2.24) is 15.0 Å². The molecule has 108 valence electrons. The Hall–Kier alpha value is -1.31. The van der Waals surface area contributed by atoms with Gasteiger partial charge in [0.2, 0.25) is 0 Å². The minimum Gasteiger partial charge on any atom is -0.370 e. The fraction of sp³-hybridized carbons (Fsp3) is 0.214. The summed E-state index contributed by atoms with van der Waals surface area (Å²) < 4.78 is 2.20. The number of fused-ring (bicyclic) bond motifs is 1. The maximum atomic E-state index is 4.63. The lowest BCUT2D eigenvalue weighted by molar-refractivity contribution is 0.891. The third kappa shape index (κ3) is 3.48. The molecule has 0 bridgehead atoms. The van der Waals surface area contributed by atoms with Crippen LogP contribution in [0.2, 0.25) is 0 Å². The molecule has 0 spiro atoms. The fourth-order valence-electron chi connectivity index (χ4n) is 1.80. The monoisotopic (exact) mass is 334 g/mol. The van der Waals surface area contributed by atoms with Gasteiger partial charge in [-0.05, 0) is 37.1 Å². The Morgan fingerprint density at radius 1 is 1.19 bits per heavy atom. The van der Waals surface area contributed by atoms with Crippen LogP contribution < -0.4 is 5.32 Å². The summed E-state index contributed by atoms with van der Waals surface area (Å²) in [7, 11) is 0. The molecule has 21 heavy (non-hydrogen) atoms. The van der Waals surface area contributed by atoms with Crippen molar-refractivity contribution in [3.05, 3.63) is 30.3 Å². The van der Waals surface area contributed by atoms with Crippen molar-refractivity contribution in [2.45, 2.75) is 21.4 Å². The Labute approximate surface area is 135 Å². The van der Waals surface area contributed by atoms with Crippen LogP contribution in [-0.4, -0.2) is 27.8 Å². The molecule has 0 aliphatic rings. The minimum absolute atomic E-state index is 0.775. The van der Waals surface area contributed by atoms with Gasteiger partial charge in [-0.3, -0.25) is 0 Å². The van der Waals surface area contributed by atoms with Gasteiger partial charge in [0, 0.05) is 12.6 Å². The molecule has 0 fully saturated rings. The highest BCUT2D eigenvalue weighted by molar-refractivity contribution is 8.01. The summed E-state index contributed by atoms with van der Waals surface area (Å²) in [5.41, 5.74) is 1.04. The Balaban J connectivity index is 1.90. The van der Waals surface area contributed by atoms with Crippen LogP contribution in [0.5, 0.6) is 0 Å². The molecule has 1 aromatic carbocycles. The molecule has 0 saturated carbocycles. The first-order chi connectivity index (χ1) is 10.3. The molecule has 0 saturated heterocycles. The molecule has 0 aliphatic heterocycles. The van der Waals surface area contributed by atoms with E-state index in [1.54, 1.807) is 34.9 Å². The average molecular weight is 334 g/mol. The smallest absolute Gasteiger partial charge is 0.190 e. The molecule has 7 heteroatoms. The number of aromatic nitrogens is 3.